The molecule has 2 aromatic heterocycles. The van der Waals surface area contributed by atoms with Crippen molar-refractivity contribution < 1.29 is 20.1 Å². The average molecular weight is 374 g/mol. The first-order chi connectivity index (χ1) is 6.84. The quantitative estimate of drug-likeness (QED) is 0.564. The van der Waals surface area contributed by atoms with Gasteiger partial charge in [-0.25, -0.2) is 0 Å². The number of benzene rings is 1. The standard InChI is InChI=1S/C11H8N3.Ir/c1-8-12-11-10-5-3-2-4-9(10)6-7-14(11)13-8;/h2-4,6-7H,1H3;/q-1;. The Balaban J connectivity index is 0.000000853. The van der Waals surface area contributed by atoms with E-state index < -0.39 is 0 Å². The second kappa shape index (κ2) is 3.72. The fraction of sp³-hybridized carbons (Fsp3) is 0.0909. The van der Waals surface area contributed by atoms with Gasteiger partial charge < -0.3 is 0 Å². The summed E-state index contributed by atoms with van der Waals surface area (Å²) in [4.78, 5) is 4.36. The Kier molecular flexibility index (Phi) is 2.55. The van der Waals surface area contributed by atoms with Crippen LogP contribution in [0.2, 0.25) is 0 Å². The van der Waals surface area contributed by atoms with Crippen LogP contribution in [0.25, 0.3) is 16.4 Å². The van der Waals surface area contributed by atoms with Gasteiger partial charge in [0.1, 0.15) is 5.82 Å². The molecule has 3 nitrogen and oxygen atoms in total. The van der Waals surface area contributed by atoms with Crippen molar-refractivity contribution in [2.24, 2.45) is 0 Å². The smallest absolute Gasteiger partial charge is 0.137 e. The number of hydrogen-bond acceptors (Lipinski definition) is 2. The Bertz CT molecular complexity index is 615. The first-order valence-electron chi connectivity index (χ1n) is 4.47. The molecule has 0 amide bonds. The Morgan fingerprint density at radius 2 is 2.20 bits per heavy atom. The maximum absolute atomic E-state index is 4.36. The van der Waals surface area contributed by atoms with Crippen LogP contribution in [0.3, 0.4) is 0 Å². The van der Waals surface area contributed by atoms with Crippen LogP contribution in [0.1, 0.15) is 5.82 Å². The van der Waals surface area contributed by atoms with Crippen molar-refractivity contribution in [3.05, 3.63) is 42.4 Å². The molecule has 0 fully saturated rings. The van der Waals surface area contributed by atoms with Gasteiger partial charge in [0.05, 0.1) is 5.65 Å². The molecule has 77 valence electrons. The normalized spacial score (nSPS) is 10.5. The third-order valence-electron chi connectivity index (χ3n) is 2.24. The van der Waals surface area contributed by atoms with E-state index in [2.05, 4.69) is 22.2 Å². The zero-order chi connectivity index (χ0) is 9.54. The number of hydrogen-bond donors (Lipinski definition) is 0. The maximum Gasteiger partial charge on any atom is 0.137 e. The molecule has 3 rings (SSSR count). The third kappa shape index (κ3) is 1.56. The molecule has 0 aliphatic carbocycles. The molecule has 15 heavy (non-hydrogen) atoms. The molecule has 0 saturated heterocycles. The van der Waals surface area contributed by atoms with E-state index in [9.17, 15) is 0 Å². The fourth-order valence-corrected chi connectivity index (χ4v) is 1.64. The van der Waals surface area contributed by atoms with Crippen LogP contribution >= 0.6 is 0 Å². The molecule has 0 N–H and O–H groups in total. The molecule has 0 unspecified atom stereocenters. The summed E-state index contributed by atoms with van der Waals surface area (Å²) in [5, 5.41) is 6.42. The molecule has 3 aromatic rings. The molecule has 0 spiro atoms. The van der Waals surface area contributed by atoms with Crippen molar-refractivity contribution in [2.45, 2.75) is 6.92 Å². The number of nitrogens with zero attached hydrogens (tertiary/aromatic N) is 3. The van der Waals surface area contributed by atoms with E-state index in [1.54, 1.807) is 4.52 Å². The minimum atomic E-state index is 0. The molecular weight excluding hydrogens is 366 g/mol. The molecule has 0 aliphatic heterocycles. The maximum atomic E-state index is 4.36. The molecule has 2 heterocycles. The van der Waals surface area contributed by atoms with Gasteiger partial charge in [-0.15, -0.1) is 29.7 Å². The topological polar surface area (TPSA) is 30.2 Å². The molecule has 4 heteroatoms. The van der Waals surface area contributed by atoms with E-state index in [0.29, 0.717) is 0 Å². The zero-order valence-corrected chi connectivity index (χ0v) is 10.5. The number of pyridine rings is 1. The fourth-order valence-electron chi connectivity index (χ4n) is 1.64. The third-order valence-corrected chi connectivity index (χ3v) is 2.24. The van der Waals surface area contributed by atoms with Gasteiger partial charge >= 0.3 is 0 Å². The van der Waals surface area contributed by atoms with E-state index in [0.717, 1.165) is 22.2 Å². The molecular formula is C11H8IrN3-. The molecule has 0 bridgehead atoms. The summed E-state index contributed by atoms with van der Waals surface area (Å²) in [5.74, 6) is 0.787. The van der Waals surface area contributed by atoms with Crippen molar-refractivity contribution in [3.8, 4) is 0 Å². The van der Waals surface area contributed by atoms with Crippen LogP contribution < -0.4 is 0 Å². The Morgan fingerprint density at radius 3 is 3.07 bits per heavy atom. The monoisotopic (exact) mass is 375 g/mol. The first-order valence-corrected chi connectivity index (χ1v) is 4.47. The Labute approximate surface area is 100 Å². The van der Waals surface area contributed by atoms with E-state index >= 15 is 0 Å². The van der Waals surface area contributed by atoms with Gasteiger partial charge in [-0.1, -0.05) is 11.5 Å². The van der Waals surface area contributed by atoms with Crippen molar-refractivity contribution in [3.63, 3.8) is 0 Å². The SMILES string of the molecule is Cc1nc2c3[c-]cccc3ccn2n1.[Ir]. The second-order valence-electron chi connectivity index (χ2n) is 3.24. The van der Waals surface area contributed by atoms with E-state index in [4.69, 9.17) is 0 Å². The summed E-state index contributed by atoms with van der Waals surface area (Å²) in [6.07, 6.45) is 1.92. The van der Waals surface area contributed by atoms with Crippen molar-refractivity contribution in [1.29, 1.82) is 0 Å². The Hall–Kier alpha value is -1.25. The van der Waals surface area contributed by atoms with E-state index in [1.165, 1.54) is 0 Å². The predicted molar refractivity (Wildman–Crippen MR) is 54.1 cm³/mol. The average Bonchev–Trinajstić information content (AvgIpc) is 2.59. The number of aryl methyl sites for hydroxylation is 1. The predicted octanol–water partition coefficient (Wildman–Crippen LogP) is 1.99. The van der Waals surface area contributed by atoms with Crippen LogP contribution in [-0.2, 0) is 20.1 Å². The number of rotatable bonds is 0. The summed E-state index contributed by atoms with van der Waals surface area (Å²) < 4.78 is 1.79. The summed E-state index contributed by atoms with van der Waals surface area (Å²) in [7, 11) is 0. The molecule has 1 radical (unpaired) electrons. The second-order valence-corrected chi connectivity index (χ2v) is 3.24. The van der Waals surface area contributed by atoms with Crippen LogP contribution in [0, 0.1) is 13.0 Å². The zero-order valence-electron chi connectivity index (χ0n) is 8.06. The van der Waals surface area contributed by atoms with Crippen LogP contribution in [-0.4, -0.2) is 14.6 Å². The largest absolute Gasteiger partial charge is 0.262 e. The van der Waals surface area contributed by atoms with Gasteiger partial charge in [-0.05, 0) is 6.92 Å². The summed E-state index contributed by atoms with van der Waals surface area (Å²) in [6, 6.07) is 11.1. The van der Waals surface area contributed by atoms with Gasteiger partial charge in [-0.3, -0.25) is 9.50 Å². The first kappa shape index (κ1) is 10.3. The van der Waals surface area contributed by atoms with Crippen molar-refractivity contribution >= 4 is 16.4 Å². The number of fused-ring (bicyclic) bond motifs is 3. The summed E-state index contributed by atoms with van der Waals surface area (Å²) >= 11 is 0. The summed E-state index contributed by atoms with van der Waals surface area (Å²) in [5.41, 5.74) is 0.876. The molecule has 0 saturated carbocycles. The minimum Gasteiger partial charge on any atom is -0.262 e. The molecule has 0 atom stereocenters. The van der Waals surface area contributed by atoms with Crippen molar-refractivity contribution in [1.82, 2.24) is 14.6 Å². The van der Waals surface area contributed by atoms with Crippen LogP contribution in [0.4, 0.5) is 0 Å². The van der Waals surface area contributed by atoms with E-state index in [-0.39, 0.29) is 20.1 Å². The molecule has 1 aromatic carbocycles. The van der Waals surface area contributed by atoms with Crippen molar-refractivity contribution in [2.75, 3.05) is 0 Å². The van der Waals surface area contributed by atoms with E-state index in [1.807, 2.05) is 31.3 Å². The summed E-state index contributed by atoms with van der Waals surface area (Å²) in [6.45, 7) is 1.89. The Morgan fingerprint density at radius 1 is 1.33 bits per heavy atom. The number of aromatic nitrogens is 3. The van der Waals surface area contributed by atoms with Crippen LogP contribution in [0.15, 0.2) is 30.5 Å². The van der Waals surface area contributed by atoms with Gasteiger partial charge in [0, 0.05) is 26.3 Å². The van der Waals surface area contributed by atoms with Gasteiger partial charge in [0.2, 0.25) is 0 Å². The van der Waals surface area contributed by atoms with Gasteiger partial charge in [0.25, 0.3) is 0 Å². The van der Waals surface area contributed by atoms with Gasteiger partial charge in [-0.2, -0.15) is 5.10 Å². The minimum absolute atomic E-state index is 0. The molecule has 0 aliphatic rings. The van der Waals surface area contributed by atoms with Crippen LogP contribution in [0.5, 0.6) is 0 Å². The van der Waals surface area contributed by atoms with Gasteiger partial charge in [0.15, 0.2) is 0 Å².